The first-order chi connectivity index (χ1) is 15.2. The van der Waals surface area contributed by atoms with Crippen molar-refractivity contribution in [3.05, 3.63) is 45.8 Å². The van der Waals surface area contributed by atoms with Gasteiger partial charge in [-0.25, -0.2) is 4.68 Å². The van der Waals surface area contributed by atoms with E-state index in [2.05, 4.69) is 20.8 Å². The van der Waals surface area contributed by atoms with E-state index in [0.717, 1.165) is 43.7 Å². The van der Waals surface area contributed by atoms with Gasteiger partial charge in [-0.15, -0.1) is 5.10 Å². The summed E-state index contributed by atoms with van der Waals surface area (Å²) in [7, 11) is 0. The van der Waals surface area contributed by atoms with Crippen LogP contribution in [0.4, 0.5) is 5.69 Å². The molecule has 9 heteroatoms. The predicted octanol–water partition coefficient (Wildman–Crippen LogP) is 3.53. The molecule has 2 aromatic rings. The second kappa shape index (κ2) is 10.3. The molecule has 2 fully saturated rings. The molecule has 2 saturated carbocycles. The van der Waals surface area contributed by atoms with Crippen LogP contribution in [0.15, 0.2) is 24.3 Å². The van der Waals surface area contributed by atoms with Gasteiger partial charge >= 0.3 is 0 Å². The van der Waals surface area contributed by atoms with Crippen LogP contribution in [0.2, 0.25) is 0 Å². The average molecular weight is 428 g/mol. The number of rotatable bonds is 8. The zero-order valence-electron chi connectivity index (χ0n) is 18.0. The Morgan fingerprint density at radius 3 is 2.74 bits per heavy atom. The van der Waals surface area contributed by atoms with Gasteiger partial charge in [-0.2, -0.15) is 0 Å². The van der Waals surface area contributed by atoms with Gasteiger partial charge in [0, 0.05) is 12.1 Å². The van der Waals surface area contributed by atoms with Crippen molar-refractivity contribution in [3.63, 3.8) is 0 Å². The zero-order valence-corrected chi connectivity index (χ0v) is 18.0. The molecule has 168 valence electrons. The fourth-order valence-electron chi connectivity index (χ4n) is 5.24. The summed E-state index contributed by atoms with van der Waals surface area (Å²) < 4.78 is 1.96. The van der Waals surface area contributed by atoms with Gasteiger partial charge in [0.15, 0.2) is 5.82 Å². The number of nitrogens with zero attached hydrogens (tertiary/aromatic N) is 5. The first-order valence-corrected chi connectivity index (χ1v) is 11.6. The molecule has 0 spiro atoms. The van der Waals surface area contributed by atoms with Gasteiger partial charge in [-0.3, -0.25) is 10.1 Å². The summed E-state index contributed by atoms with van der Waals surface area (Å²) >= 11 is 0. The number of nitro benzene ring substituents is 1. The fourth-order valence-corrected chi connectivity index (χ4v) is 5.24. The van der Waals surface area contributed by atoms with E-state index in [9.17, 15) is 10.1 Å². The van der Waals surface area contributed by atoms with E-state index in [4.69, 9.17) is 5.73 Å². The Bertz CT molecular complexity index is 865. The van der Waals surface area contributed by atoms with E-state index in [1.807, 2.05) is 10.7 Å². The number of benzene rings is 1. The number of aromatic nitrogens is 4. The van der Waals surface area contributed by atoms with Crippen molar-refractivity contribution >= 4 is 5.69 Å². The summed E-state index contributed by atoms with van der Waals surface area (Å²) in [6.45, 7) is 1.56. The summed E-state index contributed by atoms with van der Waals surface area (Å²) in [6, 6.07) is 6.84. The van der Waals surface area contributed by atoms with E-state index < -0.39 is 0 Å². The number of hydrogen-bond donors (Lipinski definition) is 2. The number of hydrogen-bond acceptors (Lipinski definition) is 7. The molecule has 31 heavy (non-hydrogen) atoms. The third kappa shape index (κ3) is 5.27. The standard InChI is InChI=1S/C22H33N7O2/c23-14-16-6-4-7-17(12-16)15-24-21(18-8-5-11-20(13-18)29(30)31)22-25-26-27-28(22)19-9-2-1-3-10-19/h5,8,11,13,16-17,19,21,24H,1-4,6-7,9-10,12,14-15,23H2. The van der Waals surface area contributed by atoms with Crippen molar-refractivity contribution in [2.45, 2.75) is 69.9 Å². The molecule has 1 aromatic heterocycles. The molecule has 3 atom stereocenters. The maximum Gasteiger partial charge on any atom is 0.269 e. The molecular weight excluding hydrogens is 394 g/mol. The van der Waals surface area contributed by atoms with Gasteiger partial charge in [0.25, 0.3) is 5.69 Å². The maximum absolute atomic E-state index is 11.4. The molecule has 4 rings (SSSR count). The van der Waals surface area contributed by atoms with Crippen molar-refractivity contribution < 1.29 is 4.92 Å². The molecule has 0 saturated heterocycles. The van der Waals surface area contributed by atoms with Crippen molar-refractivity contribution in [3.8, 4) is 0 Å². The molecule has 2 aliphatic rings. The largest absolute Gasteiger partial charge is 0.330 e. The highest BCUT2D eigenvalue weighted by Gasteiger charge is 2.29. The van der Waals surface area contributed by atoms with Crippen LogP contribution in [-0.2, 0) is 0 Å². The van der Waals surface area contributed by atoms with Crippen LogP contribution in [0, 0.1) is 22.0 Å². The summed E-state index contributed by atoms with van der Waals surface area (Å²) in [5.41, 5.74) is 6.83. The predicted molar refractivity (Wildman–Crippen MR) is 117 cm³/mol. The van der Waals surface area contributed by atoms with Crippen LogP contribution in [-0.4, -0.2) is 38.2 Å². The summed E-state index contributed by atoms with van der Waals surface area (Å²) in [5, 5.41) is 27.8. The quantitative estimate of drug-likeness (QED) is 0.487. The Morgan fingerprint density at radius 1 is 1.16 bits per heavy atom. The lowest BCUT2D eigenvalue weighted by molar-refractivity contribution is -0.384. The number of nitrogens with one attached hydrogen (secondary N) is 1. The van der Waals surface area contributed by atoms with Crippen molar-refractivity contribution in [2.75, 3.05) is 13.1 Å². The van der Waals surface area contributed by atoms with Crippen molar-refractivity contribution in [1.82, 2.24) is 25.5 Å². The fraction of sp³-hybridized carbons (Fsp3) is 0.682. The molecule has 1 aromatic carbocycles. The summed E-state index contributed by atoms with van der Waals surface area (Å²) in [6.07, 6.45) is 10.5. The molecule has 0 amide bonds. The van der Waals surface area contributed by atoms with Crippen LogP contribution in [0.3, 0.4) is 0 Å². The highest BCUT2D eigenvalue weighted by molar-refractivity contribution is 5.37. The van der Waals surface area contributed by atoms with E-state index in [0.29, 0.717) is 11.8 Å². The lowest BCUT2D eigenvalue weighted by Crippen LogP contribution is -2.34. The van der Waals surface area contributed by atoms with E-state index in [1.165, 1.54) is 44.6 Å². The minimum absolute atomic E-state index is 0.0850. The van der Waals surface area contributed by atoms with Crippen molar-refractivity contribution in [1.29, 1.82) is 0 Å². The third-order valence-electron chi connectivity index (χ3n) is 6.95. The smallest absolute Gasteiger partial charge is 0.269 e. The minimum atomic E-state index is -0.350. The Labute approximate surface area is 182 Å². The van der Waals surface area contributed by atoms with Crippen LogP contribution in [0.25, 0.3) is 0 Å². The number of nitrogens with two attached hydrogens (primary N) is 1. The van der Waals surface area contributed by atoms with E-state index in [1.54, 1.807) is 12.1 Å². The van der Waals surface area contributed by atoms with Gasteiger partial charge in [-0.1, -0.05) is 37.8 Å². The molecule has 3 unspecified atom stereocenters. The Hall–Kier alpha value is -2.39. The monoisotopic (exact) mass is 427 g/mol. The van der Waals surface area contributed by atoms with Gasteiger partial charge < -0.3 is 11.1 Å². The molecular formula is C22H33N7O2. The second-order valence-electron chi connectivity index (χ2n) is 9.10. The Kier molecular flexibility index (Phi) is 7.24. The molecule has 0 aliphatic heterocycles. The molecule has 0 radical (unpaired) electrons. The number of nitro groups is 1. The Balaban J connectivity index is 1.60. The van der Waals surface area contributed by atoms with Crippen molar-refractivity contribution in [2.24, 2.45) is 17.6 Å². The van der Waals surface area contributed by atoms with Gasteiger partial charge in [0.05, 0.1) is 17.0 Å². The Morgan fingerprint density at radius 2 is 1.97 bits per heavy atom. The van der Waals surface area contributed by atoms with Crippen LogP contribution in [0.5, 0.6) is 0 Å². The molecule has 3 N–H and O–H groups in total. The normalized spacial score (nSPS) is 23.5. The third-order valence-corrected chi connectivity index (χ3v) is 6.95. The van der Waals surface area contributed by atoms with Gasteiger partial charge in [-0.05, 0) is 73.0 Å². The lowest BCUT2D eigenvalue weighted by Gasteiger charge is -2.30. The van der Waals surface area contributed by atoms with Gasteiger partial charge in [0.1, 0.15) is 0 Å². The zero-order chi connectivity index (χ0) is 21.6. The van der Waals surface area contributed by atoms with E-state index >= 15 is 0 Å². The summed E-state index contributed by atoms with van der Waals surface area (Å²) in [4.78, 5) is 11.0. The molecule has 1 heterocycles. The average Bonchev–Trinajstić information content (AvgIpc) is 3.30. The van der Waals surface area contributed by atoms with Crippen LogP contribution in [0.1, 0.15) is 81.3 Å². The van der Waals surface area contributed by atoms with Crippen LogP contribution >= 0.6 is 0 Å². The highest BCUT2D eigenvalue weighted by atomic mass is 16.6. The lowest BCUT2D eigenvalue weighted by atomic mass is 9.81. The first-order valence-electron chi connectivity index (χ1n) is 11.6. The first kappa shape index (κ1) is 21.8. The minimum Gasteiger partial charge on any atom is -0.330 e. The number of non-ortho nitro benzene ring substituents is 1. The van der Waals surface area contributed by atoms with Gasteiger partial charge in [0.2, 0.25) is 0 Å². The topological polar surface area (TPSA) is 125 Å². The molecule has 9 nitrogen and oxygen atoms in total. The summed E-state index contributed by atoms with van der Waals surface area (Å²) in [5.74, 6) is 1.88. The second-order valence-corrected chi connectivity index (χ2v) is 9.10. The van der Waals surface area contributed by atoms with E-state index in [-0.39, 0.29) is 22.7 Å². The highest BCUT2D eigenvalue weighted by Crippen LogP contribution is 2.33. The molecule has 2 aliphatic carbocycles. The molecule has 0 bridgehead atoms. The maximum atomic E-state index is 11.4. The van der Waals surface area contributed by atoms with Crippen LogP contribution < -0.4 is 11.1 Å². The number of tetrazole rings is 1. The SMILES string of the molecule is NCC1CCCC(CNC(c2cccc([N+](=O)[O-])c2)c2nnnn2C2CCCCC2)C1.